The maximum absolute atomic E-state index is 13.9. The van der Waals surface area contributed by atoms with E-state index in [1.807, 2.05) is 13.8 Å². The highest BCUT2D eigenvalue weighted by Crippen LogP contribution is 2.55. The molecular weight excluding hydrogens is 409 g/mol. The first-order chi connectivity index (χ1) is 14.7. The minimum absolute atomic E-state index is 0.0581. The molecule has 1 aliphatic carbocycles. The van der Waals surface area contributed by atoms with Crippen molar-refractivity contribution in [3.8, 4) is 0 Å². The zero-order valence-electron chi connectivity index (χ0n) is 18.2. The van der Waals surface area contributed by atoms with Gasteiger partial charge in [-0.15, -0.1) is 0 Å². The molecule has 1 unspecified atom stereocenters. The van der Waals surface area contributed by atoms with Crippen LogP contribution in [-0.2, 0) is 17.2 Å². The smallest absolute Gasteiger partial charge is 0.395 e. The lowest BCUT2D eigenvalue weighted by Crippen LogP contribution is -2.49. The van der Waals surface area contributed by atoms with Gasteiger partial charge in [0.15, 0.2) is 5.65 Å². The number of aliphatic hydroxyl groups is 1. The summed E-state index contributed by atoms with van der Waals surface area (Å²) < 4.78 is 49.2. The molecule has 1 saturated carbocycles. The van der Waals surface area contributed by atoms with Gasteiger partial charge in [0.2, 0.25) is 0 Å². The van der Waals surface area contributed by atoms with Gasteiger partial charge in [0.05, 0.1) is 42.8 Å². The van der Waals surface area contributed by atoms with Gasteiger partial charge in [-0.1, -0.05) is 6.42 Å². The van der Waals surface area contributed by atoms with Crippen molar-refractivity contribution in [2.75, 3.05) is 6.61 Å². The predicted octanol–water partition coefficient (Wildman–Crippen LogP) is 3.92. The second kappa shape index (κ2) is 8.33. The molecule has 2 fully saturated rings. The quantitative estimate of drug-likeness (QED) is 0.737. The second-order valence-electron chi connectivity index (χ2n) is 9.19. The summed E-state index contributed by atoms with van der Waals surface area (Å²) in [6.07, 6.45) is 0.592. The number of hydrogen-bond acceptors (Lipinski definition) is 5. The van der Waals surface area contributed by atoms with Gasteiger partial charge in [-0.05, 0) is 52.0 Å². The molecule has 0 aromatic carbocycles. The molecule has 2 aromatic rings. The van der Waals surface area contributed by atoms with E-state index in [-0.39, 0.29) is 49.4 Å². The van der Waals surface area contributed by atoms with Crippen molar-refractivity contribution >= 4 is 11.2 Å². The van der Waals surface area contributed by atoms with Gasteiger partial charge >= 0.3 is 6.18 Å². The SMILES string of the molecule is CC(C)O[C@@H]1CCCC(c2cnc3cc(C4(C(F)(F)F)CCC4)n(C)c3n2)N[C@H]1CO. The van der Waals surface area contributed by atoms with E-state index in [2.05, 4.69) is 10.3 Å². The van der Waals surface area contributed by atoms with Crippen LogP contribution in [0.2, 0.25) is 0 Å². The third-order valence-corrected chi connectivity index (χ3v) is 6.84. The van der Waals surface area contributed by atoms with Crippen LogP contribution in [0.1, 0.15) is 69.8 Å². The highest BCUT2D eigenvalue weighted by atomic mass is 19.4. The third kappa shape index (κ3) is 3.96. The maximum Gasteiger partial charge on any atom is 0.399 e. The molecule has 3 heterocycles. The Balaban J connectivity index is 1.65. The van der Waals surface area contributed by atoms with E-state index in [4.69, 9.17) is 9.72 Å². The van der Waals surface area contributed by atoms with E-state index < -0.39 is 11.6 Å². The number of nitrogens with zero attached hydrogens (tertiary/aromatic N) is 3. The number of halogens is 3. The molecule has 9 heteroatoms. The normalized spacial score (nSPS) is 26.8. The summed E-state index contributed by atoms with van der Waals surface area (Å²) in [5.41, 5.74) is 0.0630. The molecule has 3 atom stereocenters. The maximum atomic E-state index is 13.9. The number of aryl methyl sites for hydroxylation is 1. The van der Waals surface area contributed by atoms with Crippen LogP contribution < -0.4 is 5.32 Å². The molecule has 1 saturated heterocycles. The average Bonchev–Trinajstić information content (AvgIpc) is 2.84. The van der Waals surface area contributed by atoms with Crippen molar-refractivity contribution in [3.63, 3.8) is 0 Å². The molecule has 0 radical (unpaired) electrons. The van der Waals surface area contributed by atoms with Crippen LogP contribution >= 0.6 is 0 Å². The van der Waals surface area contributed by atoms with Crippen molar-refractivity contribution < 1.29 is 23.0 Å². The fourth-order valence-corrected chi connectivity index (χ4v) is 5.02. The van der Waals surface area contributed by atoms with Crippen LogP contribution in [0.25, 0.3) is 11.2 Å². The largest absolute Gasteiger partial charge is 0.399 e. The Labute approximate surface area is 180 Å². The third-order valence-electron chi connectivity index (χ3n) is 6.84. The number of nitrogens with one attached hydrogen (secondary N) is 1. The molecule has 0 spiro atoms. The minimum Gasteiger partial charge on any atom is -0.395 e. The van der Waals surface area contributed by atoms with Gasteiger partial charge in [0, 0.05) is 12.7 Å². The van der Waals surface area contributed by atoms with E-state index in [1.54, 1.807) is 23.9 Å². The summed E-state index contributed by atoms with van der Waals surface area (Å²) in [5.74, 6) is 0. The van der Waals surface area contributed by atoms with Crippen LogP contribution in [0.15, 0.2) is 12.3 Å². The highest BCUT2D eigenvalue weighted by Gasteiger charge is 2.60. The number of aliphatic hydroxyl groups excluding tert-OH is 1. The minimum atomic E-state index is -4.29. The Bertz CT molecular complexity index is 923. The number of alkyl halides is 3. The summed E-state index contributed by atoms with van der Waals surface area (Å²) in [6, 6.07) is 1.16. The summed E-state index contributed by atoms with van der Waals surface area (Å²) >= 11 is 0. The number of aromatic nitrogens is 3. The lowest BCUT2D eigenvalue weighted by Gasteiger charge is -2.43. The van der Waals surface area contributed by atoms with Crippen LogP contribution in [0, 0.1) is 0 Å². The molecule has 4 rings (SSSR count). The molecule has 0 amide bonds. The molecule has 0 bridgehead atoms. The summed E-state index contributed by atoms with van der Waals surface area (Å²) in [5, 5.41) is 13.3. The zero-order valence-corrected chi connectivity index (χ0v) is 18.2. The molecule has 2 aliphatic rings. The topological polar surface area (TPSA) is 72.2 Å². The lowest BCUT2D eigenvalue weighted by atomic mass is 9.66. The number of rotatable bonds is 5. The first-order valence-electron chi connectivity index (χ1n) is 11.1. The van der Waals surface area contributed by atoms with E-state index in [0.717, 1.165) is 19.3 Å². The molecule has 1 aliphatic heterocycles. The molecule has 2 aromatic heterocycles. The molecule has 172 valence electrons. The van der Waals surface area contributed by atoms with Crippen molar-refractivity contribution in [2.24, 2.45) is 7.05 Å². The fraction of sp³-hybridized carbons (Fsp3) is 0.727. The van der Waals surface area contributed by atoms with Gasteiger partial charge < -0.3 is 19.7 Å². The number of fused-ring (bicyclic) bond motifs is 1. The van der Waals surface area contributed by atoms with Gasteiger partial charge in [0.25, 0.3) is 0 Å². The van der Waals surface area contributed by atoms with Crippen molar-refractivity contribution in [1.29, 1.82) is 0 Å². The standard InChI is InChI=1S/C22H31F3N4O2/c1-13(2)31-18-7-4-6-14(27-17(18)12-30)16-11-26-15-10-19(29(3)20(15)28-16)21(8-5-9-21)22(23,24)25/h10-11,13-14,17-18,27,30H,4-9,12H2,1-3H3/t14?,17-,18+/m0/s1. The van der Waals surface area contributed by atoms with Crippen molar-refractivity contribution in [2.45, 2.75) is 88.3 Å². The first kappa shape index (κ1) is 22.5. The monoisotopic (exact) mass is 440 g/mol. The van der Waals surface area contributed by atoms with E-state index in [9.17, 15) is 18.3 Å². The van der Waals surface area contributed by atoms with E-state index >= 15 is 0 Å². The van der Waals surface area contributed by atoms with Gasteiger partial charge in [-0.25, -0.2) is 4.98 Å². The second-order valence-corrected chi connectivity index (χ2v) is 9.19. The lowest BCUT2D eigenvalue weighted by molar-refractivity contribution is -0.214. The predicted molar refractivity (Wildman–Crippen MR) is 111 cm³/mol. The highest BCUT2D eigenvalue weighted by molar-refractivity contribution is 5.73. The Morgan fingerprint density at radius 2 is 2.03 bits per heavy atom. The summed E-state index contributed by atoms with van der Waals surface area (Å²) in [6.45, 7) is 3.88. The van der Waals surface area contributed by atoms with Crippen LogP contribution in [0.3, 0.4) is 0 Å². The fourth-order valence-electron chi connectivity index (χ4n) is 5.02. The first-order valence-corrected chi connectivity index (χ1v) is 11.1. The Kier molecular flexibility index (Phi) is 6.04. The molecule has 6 nitrogen and oxygen atoms in total. The Morgan fingerprint density at radius 1 is 1.29 bits per heavy atom. The van der Waals surface area contributed by atoms with Crippen LogP contribution in [-0.4, -0.2) is 50.7 Å². The van der Waals surface area contributed by atoms with Gasteiger partial charge in [0.1, 0.15) is 10.9 Å². The van der Waals surface area contributed by atoms with Crippen molar-refractivity contribution in [3.05, 3.63) is 23.7 Å². The number of hydrogen-bond donors (Lipinski definition) is 2. The van der Waals surface area contributed by atoms with Crippen LogP contribution in [0.5, 0.6) is 0 Å². The molecular formula is C22H31F3N4O2. The van der Waals surface area contributed by atoms with E-state index in [1.165, 1.54) is 0 Å². The number of ether oxygens (including phenoxy) is 1. The zero-order chi connectivity index (χ0) is 22.4. The molecule has 2 N–H and O–H groups in total. The van der Waals surface area contributed by atoms with Gasteiger partial charge in [-0.2, -0.15) is 13.2 Å². The summed E-state index contributed by atoms with van der Waals surface area (Å²) in [7, 11) is 1.64. The van der Waals surface area contributed by atoms with Crippen molar-refractivity contribution in [1.82, 2.24) is 19.9 Å². The Morgan fingerprint density at radius 3 is 2.61 bits per heavy atom. The Hall–Kier alpha value is -1.71. The van der Waals surface area contributed by atoms with Crippen LogP contribution in [0.4, 0.5) is 13.2 Å². The van der Waals surface area contributed by atoms with Gasteiger partial charge in [-0.3, -0.25) is 4.98 Å². The van der Waals surface area contributed by atoms with E-state index in [0.29, 0.717) is 23.3 Å². The average molecular weight is 441 g/mol. The summed E-state index contributed by atoms with van der Waals surface area (Å²) in [4.78, 5) is 9.17. The molecule has 31 heavy (non-hydrogen) atoms.